The van der Waals surface area contributed by atoms with Gasteiger partial charge in [0.2, 0.25) is 0 Å². The van der Waals surface area contributed by atoms with Crippen molar-refractivity contribution < 1.29 is 0 Å². The number of hydrogen-bond donors (Lipinski definition) is 0. The number of hydrogen-bond acceptors (Lipinski definition) is 1. The van der Waals surface area contributed by atoms with Gasteiger partial charge >= 0.3 is 0 Å². The lowest BCUT2D eigenvalue weighted by molar-refractivity contribution is 0.157. The molecule has 0 aromatic heterocycles. The van der Waals surface area contributed by atoms with Crippen LogP contribution in [0.4, 0.5) is 0 Å². The molecular weight excluding hydrogens is 286 g/mol. The summed E-state index contributed by atoms with van der Waals surface area (Å²) in [7, 11) is 0. The van der Waals surface area contributed by atoms with E-state index in [0.717, 1.165) is 6.54 Å². The van der Waals surface area contributed by atoms with E-state index in [4.69, 9.17) is 0 Å². The Kier molecular flexibility index (Phi) is 6.95. The van der Waals surface area contributed by atoms with Crippen molar-refractivity contribution in [2.24, 2.45) is 5.92 Å². The van der Waals surface area contributed by atoms with E-state index in [1.165, 1.54) is 29.4 Å². The van der Waals surface area contributed by atoms with Gasteiger partial charge in [-0.05, 0) is 30.4 Å². The Labute approximate surface area is 121 Å². The fraction of sp³-hybridized carbons (Fsp3) is 0.625. The van der Waals surface area contributed by atoms with Crippen LogP contribution < -0.4 is 0 Å². The Morgan fingerprint density at radius 3 is 2.22 bits per heavy atom. The Bertz CT molecular complexity index is 345. The number of rotatable bonds is 7. The first-order chi connectivity index (χ1) is 8.58. The highest BCUT2D eigenvalue weighted by atomic mass is 79.9. The molecule has 1 aromatic rings. The summed E-state index contributed by atoms with van der Waals surface area (Å²) in [6.07, 6.45) is 2.46. The first-order valence-electron chi connectivity index (χ1n) is 7.05. The maximum absolute atomic E-state index is 3.66. The molecule has 0 unspecified atom stereocenters. The summed E-state index contributed by atoms with van der Waals surface area (Å²) in [6, 6.07) is 9.26. The summed E-state index contributed by atoms with van der Waals surface area (Å²) >= 11 is 3.66. The molecule has 0 radical (unpaired) electrons. The molecule has 1 aromatic carbocycles. The van der Waals surface area contributed by atoms with E-state index < -0.39 is 0 Å². The van der Waals surface area contributed by atoms with Gasteiger partial charge in [-0.2, -0.15) is 0 Å². The summed E-state index contributed by atoms with van der Waals surface area (Å²) in [5, 5.41) is 0. The van der Waals surface area contributed by atoms with Crippen LogP contribution in [0.15, 0.2) is 28.7 Å². The van der Waals surface area contributed by atoms with Gasteiger partial charge in [-0.1, -0.05) is 61.8 Å². The second-order valence-electron chi connectivity index (χ2n) is 5.39. The van der Waals surface area contributed by atoms with Gasteiger partial charge in [-0.25, -0.2) is 0 Å². The van der Waals surface area contributed by atoms with Gasteiger partial charge in [-0.3, -0.25) is 4.90 Å². The highest BCUT2D eigenvalue weighted by Crippen LogP contribution is 2.21. The van der Waals surface area contributed by atoms with Gasteiger partial charge in [0.25, 0.3) is 0 Å². The molecule has 0 aliphatic rings. The van der Waals surface area contributed by atoms with E-state index in [1.54, 1.807) is 0 Å². The summed E-state index contributed by atoms with van der Waals surface area (Å²) in [6.45, 7) is 11.4. The summed E-state index contributed by atoms with van der Waals surface area (Å²) in [5.74, 6) is 0.716. The Hall–Kier alpha value is -0.340. The lowest BCUT2D eigenvalue weighted by Gasteiger charge is -2.32. The minimum atomic E-state index is 0.694. The van der Waals surface area contributed by atoms with Crippen LogP contribution in [0.2, 0.25) is 0 Å². The summed E-state index contributed by atoms with van der Waals surface area (Å²) < 4.78 is 1.23. The maximum atomic E-state index is 3.66. The van der Waals surface area contributed by atoms with Gasteiger partial charge in [0.05, 0.1) is 0 Å². The Morgan fingerprint density at radius 2 is 1.72 bits per heavy atom. The van der Waals surface area contributed by atoms with E-state index in [0.29, 0.717) is 12.0 Å². The first kappa shape index (κ1) is 15.7. The zero-order valence-corrected chi connectivity index (χ0v) is 13.7. The Morgan fingerprint density at radius 1 is 1.11 bits per heavy atom. The highest BCUT2D eigenvalue weighted by Gasteiger charge is 2.17. The molecular formula is C16H26BrN. The Balaban J connectivity index is 2.80. The normalized spacial score (nSPS) is 11.8. The van der Waals surface area contributed by atoms with Crippen molar-refractivity contribution in [3.8, 4) is 0 Å². The zero-order valence-electron chi connectivity index (χ0n) is 12.1. The number of nitrogens with zero attached hydrogens (tertiary/aromatic N) is 1. The van der Waals surface area contributed by atoms with Crippen molar-refractivity contribution in [3.05, 3.63) is 34.3 Å². The molecule has 18 heavy (non-hydrogen) atoms. The molecule has 0 heterocycles. The molecule has 102 valence electrons. The smallest absolute Gasteiger partial charge is 0.0247 e. The SMILES string of the molecule is CCC(CC)N(Cc1ccccc1Br)CC(C)C. The van der Waals surface area contributed by atoms with E-state index in [-0.39, 0.29) is 0 Å². The van der Waals surface area contributed by atoms with Crippen LogP contribution >= 0.6 is 15.9 Å². The third kappa shape index (κ3) is 4.74. The fourth-order valence-corrected chi connectivity index (χ4v) is 2.87. The lowest BCUT2D eigenvalue weighted by Crippen LogP contribution is -2.36. The second-order valence-corrected chi connectivity index (χ2v) is 6.24. The molecule has 0 saturated carbocycles. The van der Waals surface area contributed by atoms with E-state index in [9.17, 15) is 0 Å². The standard InChI is InChI=1S/C16H26BrN/c1-5-15(6-2)18(11-13(3)4)12-14-9-7-8-10-16(14)17/h7-10,13,15H,5-6,11-12H2,1-4H3. The number of halogens is 1. The third-order valence-corrected chi connectivity index (χ3v) is 4.16. The van der Waals surface area contributed by atoms with Crippen LogP contribution in [-0.4, -0.2) is 17.5 Å². The minimum absolute atomic E-state index is 0.694. The molecule has 0 spiro atoms. The van der Waals surface area contributed by atoms with Crippen molar-refractivity contribution in [2.45, 2.75) is 53.1 Å². The third-order valence-electron chi connectivity index (χ3n) is 3.39. The minimum Gasteiger partial charge on any atom is -0.296 e. The molecule has 0 amide bonds. The first-order valence-corrected chi connectivity index (χ1v) is 7.85. The van der Waals surface area contributed by atoms with Crippen LogP contribution in [0.3, 0.4) is 0 Å². The van der Waals surface area contributed by atoms with Crippen molar-refractivity contribution >= 4 is 15.9 Å². The van der Waals surface area contributed by atoms with E-state index in [1.807, 2.05) is 0 Å². The molecule has 2 heteroatoms. The topological polar surface area (TPSA) is 3.24 Å². The number of benzene rings is 1. The molecule has 0 aliphatic carbocycles. The van der Waals surface area contributed by atoms with E-state index >= 15 is 0 Å². The van der Waals surface area contributed by atoms with Crippen LogP contribution in [-0.2, 0) is 6.54 Å². The fourth-order valence-electron chi connectivity index (χ4n) is 2.46. The quantitative estimate of drug-likeness (QED) is 0.677. The van der Waals surface area contributed by atoms with Gasteiger partial charge in [0, 0.05) is 23.6 Å². The maximum Gasteiger partial charge on any atom is 0.0247 e. The highest BCUT2D eigenvalue weighted by molar-refractivity contribution is 9.10. The molecule has 0 bridgehead atoms. The van der Waals surface area contributed by atoms with Crippen molar-refractivity contribution in [1.29, 1.82) is 0 Å². The molecule has 1 nitrogen and oxygen atoms in total. The summed E-state index contributed by atoms with van der Waals surface area (Å²) in [4.78, 5) is 2.63. The average molecular weight is 312 g/mol. The largest absolute Gasteiger partial charge is 0.296 e. The van der Waals surface area contributed by atoms with Gasteiger partial charge in [0.15, 0.2) is 0 Å². The van der Waals surface area contributed by atoms with Gasteiger partial charge < -0.3 is 0 Å². The molecule has 0 aliphatic heterocycles. The van der Waals surface area contributed by atoms with Gasteiger partial charge in [-0.15, -0.1) is 0 Å². The van der Waals surface area contributed by atoms with Crippen molar-refractivity contribution in [1.82, 2.24) is 4.90 Å². The lowest BCUT2D eigenvalue weighted by atomic mass is 10.1. The average Bonchev–Trinajstić information content (AvgIpc) is 2.32. The molecule has 0 fully saturated rings. The second kappa shape index (κ2) is 7.96. The van der Waals surface area contributed by atoms with Crippen LogP contribution in [0.5, 0.6) is 0 Å². The molecule has 1 rings (SSSR count). The van der Waals surface area contributed by atoms with Crippen molar-refractivity contribution in [2.75, 3.05) is 6.54 Å². The summed E-state index contributed by atoms with van der Waals surface area (Å²) in [5.41, 5.74) is 1.39. The van der Waals surface area contributed by atoms with Crippen LogP contribution in [0, 0.1) is 5.92 Å². The van der Waals surface area contributed by atoms with Crippen molar-refractivity contribution in [3.63, 3.8) is 0 Å². The molecule has 0 N–H and O–H groups in total. The van der Waals surface area contributed by atoms with E-state index in [2.05, 4.69) is 72.8 Å². The molecule has 0 saturated heterocycles. The zero-order chi connectivity index (χ0) is 13.5. The predicted octanol–water partition coefficient (Wildman–Crippen LogP) is 5.10. The molecule has 0 atom stereocenters. The predicted molar refractivity (Wildman–Crippen MR) is 83.8 cm³/mol. The van der Waals surface area contributed by atoms with Crippen LogP contribution in [0.25, 0.3) is 0 Å². The monoisotopic (exact) mass is 311 g/mol. The van der Waals surface area contributed by atoms with Crippen LogP contribution in [0.1, 0.15) is 46.1 Å². The van der Waals surface area contributed by atoms with Gasteiger partial charge in [0.1, 0.15) is 0 Å².